The number of rotatable bonds is 3. The van der Waals surface area contributed by atoms with Crippen LogP contribution in [0.1, 0.15) is 30.5 Å². The van der Waals surface area contributed by atoms with Crippen LogP contribution in [0.4, 0.5) is 0 Å². The molecule has 2 rings (SSSR count). The first-order chi connectivity index (χ1) is 8.16. The zero-order valence-electron chi connectivity index (χ0n) is 10.9. The molecular weight excluding hydrogens is 248 g/mol. The monoisotopic (exact) mass is 268 g/mol. The Morgan fingerprint density at radius 1 is 1.39 bits per heavy atom. The maximum absolute atomic E-state index is 11.9. The summed E-state index contributed by atoms with van der Waals surface area (Å²) in [7, 11) is 0. The summed E-state index contributed by atoms with van der Waals surface area (Å²) in [6.45, 7) is 5.87. The van der Waals surface area contributed by atoms with E-state index >= 15 is 0 Å². The van der Waals surface area contributed by atoms with E-state index in [4.69, 9.17) is 0 Å². The van der Waals surface area contributed by atoms with E-state index in [0.29, 0.717) is 0 Å². The van der Waals surface area contributed by atoms with Gasteiger partial charge in [0, 0.05) is 6.54 Å². The number of amides is 1. The molecule has 0 aromatic heterocycles. The van der Waals surface area contributed by atoms with Gasteiger partial charge >= 0.3 is 0 Å². The molecule has 1 heterocycles. The fourth-order valence-corrected chi connectivity index (χ4v) is 2.15. The van der Waals surface area contributed by atoms with Gasteiger partial charge in [0.25, 0.3) is 0 Å². The molecule has 4 heteroatoms. The number of hydrogen-bond donors (Lipinski definition) is 2. The van der Waals surface area contributed by atoms with E-state index in [2.05, 4.69) is 41.8 Å². The van der Waals surface area contributed by atoms with Crippen molar-refractivity contribution in [2.24, 2.45) is 5.92 Å². The number of halogens is 1. The van der Waals surface area contributed by atoms with Crippen LogP contribution in [-0.4, -0.2) is 19.0 Å². The van der Waals surface area contributed by atoms with E-state index in [-0.39, 0.29) is 30.3 Å². The van der Waals surface area contributed by atoms with Gasteiger partial charge in [-0.15, -0.1) is 12.4 Å². The number of hydrogen-bond acceptors (Lipinski definition) is 2. The summed E-state index contributed by atoms with van der Waals surface area (Å²) < 4.78 is 0. The normalized spacial score (nSPS) is 20.0. The molecule has 0 spiro atoms. The van der Waals surface area contributed by atoms with Crippen LogP contribution in [0.2, 0.25) is 0 Å². The van der Waals surface area contributed by atoms with Gasteiger partial charge < -0.3 is 10.6 Å². The smallest absolute Gasteiger partial charge is 0.224 e. The van der Waals surface area contributed by atoms with E-state index in [1.807, 2.05) is 6.92 Å². The Morgan fingerprint density at radius 3 is 2.61 bits per heavy atom. The summed E-state index contributed by atoms with van der Waals surface area (Å²) in [5, 5.41) is 6.29. The molecule has 0 bridgehead atoms. The molecule has 1 aliphatic heterocycles. The highest BCUT2D eigenvalue weighted by Crippen LogP contribution is 2.15. The molecule has 0 radical (unpaired) electrons. The van der Waals surface area contributed by atoms with Crippen molar-refractivity contribution < 1.29 is 4.79 Å². The quantitative estimate of drug-likeness (QED) is 0.883. The van der Waals surface area contributed by atoms with Gasteiger partial charge in [-0.25, -0.2) is 0 Å². The van der Waals surface area contributed by atoms with Gasteiger partial charge in [0.2, 0.25) is 5.91 Å². The molecule has 1 aromatic carbocycles. The lowest BCUT2D eigenvalue weighted by atomic mass is 10.0. The van der Waals surface area contributed by atoms with Crippen LogP contribution < -0.4 is 10.6 Å². The van der Waals surface area contributed by atoms with E-state index in [0.717, 1.165) is 25.1 Å². The average molecular weight is 269 g/mol. The van der Waals surface area contributed by atoms with Gasteiger partial charge in [-0.2, -0.15) is 0 Å². The molecular formula is C14H21ClN2O. The van der Waals surface area contributed by atoms with Crippen LogP contribution in [0, 0.1) is 12.8 Å². The summed E-state index contributed by atoms with van der Waals surface area (Å²) in [6, 6.07) is 8.40. The Balaban J connectivity index is 0.00000162. The first-order valence-corrected chi connectivity index (χ1v) is 6.24. The van der Waals surface area contributed by atoms with Crippen LogP contribution in [-0.2, 0) is 4.79 Å². The van der Waals surface area contributed by atoms with E-state index < -0.39 is 0 Å². The summed E-state index contributed by atoms with van der Waals surface area (Å²) >= 11 is 0. The number of carbonyl (C=O) groups is 1. The molecule has 1 amide bonds. The Morgan fingerprint density at radius 2 is 2.06 bits per heavy atom. The average Bonchev–Trinajstić information content (AvgIpc) is 2.83. The second-order valence-electron chi connectivity index (χ2n) is 4.83. The van der Waals surface area contributed by atoms with Crippen LogP contribution >= 0.6 is 12.4 Å². The van der Waals surface area contributed by atoms with Crippen molar-refractivity contribution in [1.82, 2.24) is 10.6 Å². The summed E-state index contributed by atoms with van der Waals surface area (Å²) in [5.41, 5.74) is 2.40. The minimum absolute atomic E-state index is 0. The standard InChI is InChI=1S/C14H20N2O.ClH/c1-10-3-5-12(6-4-10)11(2)16-14(17)13-7-8-15-9-13;/h3-6,11,13,15H,7-9H2,1-2H3,(H,16,17);1H. The van der Waals surface area contributed by atoms with Gasteiger partial charge in [0.1, 0.15) is 0 Å². The molecule has 2 N–H and O–H groups in total. The first-order valence-electron chi connectivity index (χ1n) is 6.24. The molecule has 100 valence electrons. The molecule has 1 saturated heterocycles. The third-order valence-corrected chi connectivity index (χ3v) is 3.37. The minimum Gasteiger partial charge on any atom is -0.349 e. The van der Waals surface area contributed by atoms with Crippen molar-refractivity contribution >= 4 is 18.3 Å². The molecule has 0 saturated carbocycles. The number of nitrogens with one attached hydrogen (secondary N) is 2. The van der Waals surface area contributed by atoms with E-state index in [1.165, 1.54) is 5.56 Å². The highest BCUT2D eigenvalue weighted by molar-refractivity contribution is 5.85. The second kappa shape index (κ2) is 6.76. The van der Waals surface area contributed by atoms with Gasteiger partial charge in [0.15, 0.2) is 0 Å². The van der Waals surface area contributed by atoms with Crippen LogP contribution in [0.15, 0.2) is 24.3 Å². The Kier molecular flexibility index (Phi) is 5.63. The van der Waals surface area contributed by atoms with Crippen molar-refractivity contribution in [2.45, 2.75) is 26.3 Å². The third-order valence-electron chi connectivity index (χ3n) is 3.37. The zero-order valence-corrected chi connectivity index (χ0v) is 11.7. The highest BCUT2D eigenvalue weighted by Gasteiger charge is 2.23. The predicted octanol–water partition coefficient (Wildman–Crippen LogP) is 2.20. The number of carbonyl (C=O) groups excluding carboxylic acids is 1. The van der Waals surface area contributed by atoms with Gasteiger partial charge in [-0.3, -0.25) is 4.79 Å². The van der Waals surface area contributed by atoms with Gasteiger partial charge in [-0.1, -0.05) is 29.8 Å². The van der Waals surface area contributed by atoms with Crippen molar-refractivity contribution in [3.63, 3.8) is 0 Å². The van der Waals surface area contributed by atoms with Crippen LogP contribution in [0.3, 0.4) is 0 Å². The predicted molar refractivity (Wildman–Crippen MR) is 76.0 cm³/mol. The Bertz CT molecular complexity index is 385. The molecule has 1 aliphatic rings. The third kappa shape index (κ3) is 3.72. The van der Waals surface area contributed by atoms with Gasteiger partial charge in [-0.05, 0) is 32.4 Å². The van der Waals surface area contributed by atoms with Crippen LogP contribution in [0.25, 0.3) is 0 Å². The fraction of sp³-hybridized carbons (Fsp3) is 0.500. The highest BCUT2D eigenvalue weighted by atomic mass is 35.5. The first kappa shape index (κ1) is 15.0. The molecule has 2 atom stereocenters. The van der Waals surface area contributed by atoms with E-state index in [1.54, 1.807) is 0 Å². The van der Waals surface area contributed by atoms with Crippen molar-refractivity contribution in [3.05, 3.63) is 35.4 Å². The maximum atomic E-state index is 11.9. The molecule has 3 nitrogen and oxygen atoms in total. The van der Waals surface area contributed by atoms with E-state index in [9.17, 15) is 4.79 Å². The molecule has 18 heavy (non-hydrogen) atoms. The molecule has 1 aromatic rings. The molecule has 1 fully saturated rings. The molecule has 2 unspecified atom stereocenters. The Labute approximate surface area is 115 Å². The second-order valence-corrected chi connectivity index (χ2v) is 4.83. The maximum Gasteiger partial charge on any atom is 0.224 e. The summed E-state index contributed by atoms with van der Waals surface area (Å²) in [4.78, 5) is 11.9. The summed E-state index contributed by atoms with van der Waals surface area (Å²) in [6.07, 6.45) is 0.951. The fourth-order valence-electron chi connectivity index (χ4n) is 2.15. The van der Waals surface area contributed by atoms with Crippen molar-refractivity contribution in [2.75, 3.05) is 13.1 Å². The lowest BCUT2D eigenvalue weighted by Crippen LogP contribution is -2.33. The van der Waals surface area contributed by atoms with Crippen molar-refractivity contribution in [3.8, 4) is 0 Å². The number of benzene rings is 1. The molecule has 0 aliphatic carbocycles. The lowest BCUT2D eigenvalue weighted by molar-refractivity contribution is -0.125. The lowest BCUT2D eigenvalue weighted by Gasteiger charge is -2.17. The number of aryl methyl sites for hydroxylation is 1. The Hall–Kier alpha value is -1.06. The topological polar surface area (TPSA) is 41.1 Å². The SMILES string of the molecule is Cc1ccc(C(C)NC(=O)C2CCNC2)cc1.Cl. The minimum atomic E-state index is 0. The zero-order chi connectivity index (χ0) is 12.3. The van der Waals surface area contributed by atoms with Gasteiger partial charge in [0.05, 0.1) is 12.0 Å². The largest absolute Gasteiger partial charge is 0.349 e. The van der Waals surface area contributed by atoms with Crippen LogP contribution in [0.5, 0.6) is 0 Å². The summed E-state index contributed by atoms with van der Waals surface area (Å²) in [5.74, 6) is 0.311. The van der Waals surface area contributed by atoms with Crippen molar-refractivity contribution in [1.29, 1.82) is 0 Å².